The maximum atomic E-state index is 5.25. The van der Waals surface area contributed by atoms with Gasteiger partial charge < -0.3 is 9.84 Å². The average molecular weight is 245 g/mol. The predicted octanol–water partition coefficient (Wildman–Crippen LogP) is 2.45. The molecule has 1 N–H and O–H groups in total. The molecule has 0 radical (unpaired) electrons. The average Bonchev–Trinajstić information content (AvgIpc) is 2.87. The van der Waals surface area contributed by atoms with E-state index in [1.165, 1.54) is 5.56 Å². The Balaban J connectivity index is 2.13. The number of aryl methyl sites for hydroxylation is 1. The normalized spacial score (nSPS) is 12.6. The van der Waals surface area contributed by atoms with Gasteiger partial charge in [-0.25, -0.2) is 0 Å². The summed E-state index contributed by atoms with van der Waals surface area (Å²) in [7, 11) is 1.92. The largest absolute Gasteiger partial charge is 0.339 e. The summed E-state index contributed by atoms with van der Waals surface area (Å²) in [6, 6.07) is 8.60. The Labute approximate surface area is 107 Å². The number of nitrogens with one attached hydrogen (secondary N) is 1. The van der Waals surface area contributed by atoms with Crippen molar-refractivity contribution in [1.29, 1.82) is 0 Å². The molecule has 4 nitrogen and oxygen atoms in total. The Morgan fingerprint density at radius 3 is 2.61 bits per heavy atom. The van der Waals surface area contributed by atoms with E-state index in [0.29, 0.717) is 17.8 Å². The molecule has 1 aromatic carbocycles. The van der Waals surface area contributed by atoms with Gasteiger partial charge in [0.1, 0.15) is 0 Å². The van der Waals surface area contributed by atoms with Gasteiger partial charge in [-0.2, -0.15) is 4.98 Å². The summed E-state index contributed by atoms with van der Waals surface area (Å²) >= 11 is 0. The smallest absolute Gasteiger partial charge is 0.228 e. The fourth-order valence-corrected chi connectivity index (χ4v) is 1.71. The van der Waals surface area contributed by atoms with Crippen molar-refractivity contribution in [1.82, 2.24) is 15.5 Å². The third-order valence-corrected chi connectivity index (χ3v) is 3.06. The van der Waals surface area contributed by atoms with Crippen LogP contribution >= 0.6 is 0 Å². The van der Waals surface area contributed by atoms with Crippen molar-refractivity contribution in [2.45, 2.75) is 32.7 Å². The van der Waals surface area contributed by atoms with Gasteiger partial charge in [0.15, 0.2) is 0 Å². The van der Waals surface area contributed by atoms with E-state index < -0.39 is 0 Å². The van der Waals surface area contributed by atoms with Crippen LogP contribution in [0.15, 0.2) is 28.8 Å². The first-order valence-corrected chi connectivity index (χ1v) is 6.32. The molecule has 0 saturated carbocycles. The van der Waals surface area contributed by atoms with Gasteiger partial charge in [-0.3, -0.25) is 0 Å². The molecule has 0 bridgehead atoms. The highest BCUT2D eigenvalue weighted by atomic mass is 16.5. The zero-order valence-corrected chi connectivity index (χ0v) is 11.1. The Kier molecular flexibility index (Phi) is 4.10. The third kappa shape index (κ3) is 2.96. The monoisotopic (exact) mass is 245 g/mol. The van der Waals surface area contributed by atoms with Gasteiger partial charge in [-0.1, -0.05) is 36.3 Å². The van der Waals surface area contributed by atoms with E-state index in [9.17, 15) is 0 Å². The fourth-order valence-electron chi connectivity index (χ4n) is 1.71. The minimum atomic E-state index is 0.334. The van der Waals surface area contributed by atoms with Crippen LogP contribution in [0.4, 0.5) is 0 Å². The van der Waals surface area contributed by atoms with E-state index in [1.54, 1.807) is 0 Å². The Morgan fingerprint density at radius 1 is 1.28 bits per heavy atom. The summed E-state index contributed by atoms with van der Waals surface area (Å²) in [6.45, 7) is 4.22. The molecule has 0 spiro atoms. The lowest BCUT2D eigenvalue weighted by molar-refractivity contribution is 0.365. The molecule has 0 saturated heterocycles. The standard InChI is InChI=1S/C14H19N3O/c1-4-11-5-7-12(8-6-11)14-16-13(18-17-14)9-10(2)15-3/h5-8,10,15H,4,9H2,1-3H3. The molecule has 1 atom stereocenters. The number of benzene rings is 1. The highest BCUT2D eigenvalue weighted by molar-refractivity contribution is 5.54. The van der Waals surface area contributed by atoms with Crippen LogP contribution in [0, 0.1) is 0 Å². The molecule has 0 fully saturated rings. The van der Waals surface area contributed by atoms with Crippen LogP contribution in [0.5, 0.6) is 0 Å². The zero-order valence-electron chi connectivity index (χ0n) is 11.1. The second-order valence-electron chi connectivity index (χ2n) is 4.46. The van der Waals surface area contributed by atoms with Gasteiger partial charge in [-0.15, -0.1) is 0 Å². The summed E-state index contributed by atoms with van der Waals surface area (Å²) in [5.74, 6) is 1.34. The predicted molar refractivity (Wildman–Crippen MR) is 71.3 cm³/mol. The lowest BCUT2D eigenvalue weighted by Gasteiger charge is -2.04. The van der Waals surface area contributed by atoms with Crippen LogP contribution in [0.1, 0.15) is 25.3 Å². The quantitative estimate of drug-likeness (QED) is 0.879. The first-order valence-electron chi connectivity index (χ1n) is 6.32. The van der Waals surface area contributed by atoms with Gasteiger partial charge in [-0.05, 0) is 26.0 Å². The highest BCUT2D eigenvalue weighted by Gasteiger charge is 2.10. The third-order valence-electron chi connectivity index (χ3n) is 3.06. The zero-order chi connectivity index (χ0) is 13.0. The number of likely N-dealkylation sites (N-methyl/N-ethyl adjacent to an activating group) is 1. The summed E-state index contributed by atoms with van der Waals surface area (Å²) in [5, 5.41) is 7.17. The van der Waals surface area contributed by atoms with Crippen molar-refractivity contribution in [3.63, 3.8) is 0 Å². The Bertz CT molecular complexity index is 490. The van der Waals surface area contributed by atoms with E-state index in [2.05, 4.69) is 41.4 Å². The molecular weight excluding hydrogens is 226 g/mol. The van der Waals surface area contributed by atoms with Crippen molar-refractivity contribution in [2.75, 3.05) is 7.05 Å². The topological polar surface area (TPSA) is 51.0 Å². The van der Waals surface area contributed by atoms with Gasteiger partial charge in [0.05, 0.1) is 0 Å². The van der Waals surface area contributed by atoms with Crippen molar-refractivity contribution >= 4 is 0 Å². The number of nitrogens with zero attached hydrogens (tertiary/aromatic N) is 2. The first-order chi connectivity index (χ1) is 8.72. The molecule has 96 valence electrons. The lowest BCUT2D eigenvalue weighted by atomic mass is 10.1. The summed E-state index contributed by atoms with van der Waals surface area (Å²) in [5.41, 5.74) is 2.31. The number of rotatable bonds is 5. The Morgan fingerprint density at radius 2 is 2.00 bits per heavy atom. The number of hydrogen-bond acceptors (Lipinski definition) is 4. The first kappa shape index (κ1) is 12.8. The summed E-state index contributed by atoms with van der Waals surface area (Å²) in [4.78, 5) is 4.41. The molecule has 1 heterocycles. The molecule has 0 aliphatic heterocycles. The van der Waals surface area contributed by atoms with Crippen molar-refractivity contribution < 1.29 is 4.52 Å². The fraction of sp³-hybridized carbons (Fsp3) is 0.429. The van der Waals surface area contributed by atoms with E-state index in [4.69, 9.17) is 4.52 Å². The van der Waals surface area contributed by atoms with Crippen LogP contribution < -0.4 is 5.32 Å². The molecule has 0 aliphatic carbocycles. The molecular formula is C14H19N3O. The second kappa shape index (κ2) is 5.78. The molecule has 2 rings (SSSR count). The number of aromatic nitrogens is 2. The van der Waals surface area contributed by atoms with Gasteiger partial charge in [0.2, 0.25) is 11.7 Å². The van der Waals surface area contributed by atoms with Crippen LogP contribution in [0.3, 0.4) is 0 Å². The molecule has 1 aromatic heterocycles. The summed E-state index contributed by atoms with van der Waals surface area (Å²) in [6.07, 6.45) is 1.79. The second-order valence-corrected chi connectivity index (χ2v) is 4.46. The van der Waals surface area contributed by atoms with Crippen molar-refractivity contribution in [2.24, 2.45) is 0 Å². The summed E-state index contributed by atoms with van der Waals surface area (Å²) < 4.78 is 5.25. The van der Waals surface area contributed by atoms with E-state index >= 15 is 0 Å². The lowest BCUT2D eigenvalue weighted by Crippen LogP contribution is -2.23. The number of hydrogen-bond donors (Lipinski definition) is 1. The van der Waals surface area contributed by atoms with E-state index in [0.717, 1.165) is 18.4 Å². The van der Waals surface area contributed by atoms with Crippen molar-refractivity contribution in [3.8, 4) is 11.4 Å². The van der Waals surface area contributed by atoms with Gasteiger partial charge in [0.25, 0.3) is 0 Å². The van der Waals surface area contributed by atoms with Crippen molar-refractivity contribution in [3.05, 3.63) is 35.7 Å². The van der Waals surface area contributed by atoms with Gasteiger partial charge in [0, 0.05) is 18.0 Å². The molecule has 4 heteroatoms. The van der Waals surface area contributed by atoms with Gasteiger partial charge >= 0.3 is 0 Å². The van der Waals surface area contributed by atoms with Crippen LogP contribution in [0.25, 0.3) is 11.4 Å². The van der Waals surface area contributed by atoms with E-state index in [1.807, 2.05) is 19.2 Å². The Hall–Kier alpha value is -1.68. The van der Waals surface area contributed by atoms with Crippen LogP contribution in [-0.4, -0.2) is 23.2 Å². The van der Waals surface area contributed by atoms with Crippen LogP contribution in [-0.2, 0) is 12.8 Å². The molecule has 2 aromatic rings. The maximum absolute atomic E-state index is 5.25. The van der Waals surface area contributed by atoms with E-state index in [-0.39, 0.29) is 0 Å². The maximum Gasteiger partial charge on any atom is 0.228 e. The molecule has 1 unspecified atom stereocenters. The molecule has 0 amide bonds. The minimum Gasteiger partial charge on any atom is -0.339 e. The highest BCUT2D eigenvalue weighted by Crippen LogP contribution is 2.17. The SMILES string of the molecule is CCc1ccc(-c2noc(CC(C)NC)n2)cc1. The molecule has 18 heavy (non-hydrogen) atoms. The minimum absolute atomic E-state index is 0.334. The van der Waals surface area contributed by atoms with Crippen LogP contribution in [0.2, 0.25) is 0 Å². The molecule has 0 aliphatic rings.